The van der Waals surface area contributed by atoms with Gasteiger partial charge in [0.25, 0.3) is 0 Å². The minimum Gasteiger partial charge on any atom is -0.307 e. The van der Waals surface area contributed by atoms with Crippen molar-refractivity contribution in [1.82, 2.24) is 10.2 Å². The molecule has 0 spiro atoms. The fourth-order valence-electron chi connectivity index (χ4n) is 2.96. The Hall–Kier alpha value is 0.01000. The summed E-state index contributed by atoms with van der Waals surface area (Å²) in [4.78, 5) is 2.54. The molecule has 0 bridgehead atoms. The number of hydrogen-bond donors (Lipinski definition) is 1. The van der Waals surface area contributed by atoms with Gasteiger partial charge in [-0.1, -0.05) is 47.8 Å². The third-order valence-corrected chi connectivity index (χ3v) is 5.45. The van der Waals surface area contributed by atoms with E-state index >= 15 is 0 Å². The molecule has 118 valence electrons. The predicted molar refractivity (Wildman–Crippen MR) is 92.8 cm³/mol. The first kappa shape index (κ1) is 17.4. The molecule has 1 atom stereocenters. The summed E-state index contributed by atoms with van der Waals surface area (Å²) in [7, 11) is 0. The molecule has 1 N–H and O–H groups in total. The molecule has 2 rings (SSSR count). The Morgan fingerprint density at radius 1 is 1.19 bits per heavy atom. The van der Waals surface area contributed by atoms with Crippen LogP contribution in [-0.2, 0) is 0 Å². The summed E-state index contributed by atoms with van der Waals surface area (Å²) in [6, 6.07) is 4.49. The number of likely N-dealkylation sites (tertiary alicyclic amines) is 1. The van der Waals surface area contributed by atoms with Crippen LogP contribution in [-0.4, -0.2) is 30.6 Å². The lowest BCUT2D eigenvalue weighted by Crippen LogP contribution is -2.43. The molecule has 1 aliphatic heterocycles. The Balaban J connectivity index is 1.93. The molecule has 0 aliphatic carbocycles. The van der Waals surface area contributed by atoms with E-state index in [1.54, 1.807) is 0 Å². The van der Waals surface area contributed by atoms with Crippen molar-refractivity contribution in [3.63, 3.8) is 0 Å². The molecule has 1 aromatic carbocycles. The molecule has 1 saturated heterocycles. The van der Waals surface area contributed by atoms with E-state index in [0.717, 1.165) is 5.56 Å². The van der Waals surface area contributed by atoms with Crippen LogP contribution in [0.1, 0.15) is 44.7 Å². The number of piperidine rings is 1. The first-order valence-electron chi connectivity index (χ1n) is 7.64. The van der Waals surface area contributed by atoms with Gasteiger partial charge in [-0.25, -0.2) is 0 Å². The lowest BCUT2D eigenvalue weighted by Gasteiger charge is -2.34. The van der Waals surface area contributed by atoms with Gasteiger partial charge in [0, 0.05) is 12.1 Å². The normalized spacial score (nSPS) is 18.9. The van der Waals surface area contributed by atoms with Crippen LogP contribution in [0.4, 0.5) is 0 Å². The van der Waals surface area contributed by atoms with Crippen LogP contribution < -0.4 is 5.32 Å². The number of hydrogen-bond acceptors (Lipinski definition) is 2. The standard InChI is InChI=1S/C16H23Cl3N2/c1-3-8-21-9-6-12(7-10-21)20-11(2)13-4-5-14(17)16(19)15(13)18/h4-5,11-12,20H,3,6-10H2,1-2H3. The molecule has 0 saturated carbocycles. The maximum absolute atomic E-state index is 6.31. The van der Waals surface area contributed by atoms with Crippen molar-refractivity contribution >= 4 is 34.8 Å². The predicted octanol–water partition coefficient (Wildman–Crippen LogP) is 5.17. The van der Waals surface area contributed by atoms with Gasteiger partial charge in [-0.2, -0.15) is 0 Å². The number of nitrogens with zero attached hydrogens (tertiary/aromatic N) is 1. The number of halogens is 3. The van der Waals surface area contributed by atoms with Crippen LogP contribution >= 0.6 is 34.8 Å². The molecule has 2 nitrogen and oxygen atoms in total. The molecule has 0 amide bonds. The quantitative estimate of drug-likeness (QED) is 0.738. The summed E-state index contributed by atoms with van der Waals surface area (Å²) >= 11 is 18.4. The second-order valence-electron chi connectivity index (χ2n) is 5.77. The molecular formula is C16H23Cl3N2. The minimum absolute atomic E-state index is 0.176. The molecule has 1 aliphatic rings. The monoisotopic (exact) mass is 348 g/mol. The van der Waals surface area contributed by atoms with Gasteiger partial charge >= 0.3 is 0 Å². The lowest BCUT2D eigenvalue weighted by molar-refractivity contribution is 0.192. The largest absolute Gasteiger partial charge is 0.307 e. The summed E-state index contributed by atoms with van der Waals surface area (Å²) in [6.45, 7) is 7.92. The maximum atomic E-state index is 6.31. The van der Waals surface area contributed by atoms with Gasteiger partial charge in [0.1, 0.15) is 0 Å². The Morgan fingerprint density at radius 2 is 1.86 bits per heavy atom. The minimum atomic E-state index is 0.176. The van der Waals surface area contributed by atoms with Crippen LogP contribution in [0.3, 0.4) is 0 Å². The lowest BCUT2D eigenvalue weighted by atomic mass is 10.0. The van der Waals surface area contributed by atoms with E-state index in [0.29, 0.717) is 21.1 Å². The number of rotatable bonds is 5. The molecular weight excluding hydrogens is 327 g/mol. The second-order valence-corrected chi connectivity index (χ2v) is 6.93. The van der Waals surface area contributed by atoms with Crippen molar-refractivity contribution in [3.05, 3.63) is 32.8 Å². The summed E-state index contributed by atoms with van der Waals surface area (Å²) in [5, 5.41) is 5.19. The first-order valence-corrected chi connectivity index (χ1v) is 8.78. The van der Waals surface area contributed by atoms with Gasteiger partial charge in [-0.15, -0.1) is 0 Å². The molecule has 1 unspecified atom stereocenters. The number of nitrogens with one attached hydrogen (secondary N) is 1. The topological polar surface area (TPSA) is 15.3 Å². The van der Waals surface area contributed by atoms with E-state index in [2.05, 4.69) is 24.1 Å². The molecule has 5 heteroatoms. The fraction of sp³-hybridized carbons (Fsp3) is 0.625. The molecule has 0 radical (unpaired) electrons. The molecule has 1 fully saturated rings. The first-order chi connectivity index (χ1) is 10.0. The highest BCUT2D eigenvalue weighted by Gasteiger charge is 2.22. The zero-order chi connectivity index (χ0) is 15.4. The van der Waals surface area contributed by atoms with Crippen molar-refractivity contribution in [1.29, 1.82) is 0 Å². The van der Waals surface area contributed by atoms with E-state index in [4.69, 9.17) is 34.8 Å². The van der Waals surface area contributed by atoms with Crippen molar-refractivity contribution < 1.29 is 0 Å². The van der Waals surface area contributed by atoms with Gasteiger partial charge in [0.2, 0.25) is 0 Å². The third-order valence-electron chi connectivity index (χ3n) is 4.14. The molecule has 21 heavy (non-hydrogen) atoms. The zero-order valence-corrected chi connectivity index (χ0v) is 14.9. The van der Waals surface area contributed by atoms with Crippen LogP contribution in [0.5, 0.6) is 0 Å². The molecule has 0 aromatic heterocycles. The fourth-order valence-corrected chi connectivity index (χ4v) is 3.66. The van der Waals surface area contributed by atoms with Gasteiger partial charge in [0.15, 0.2) is 0 Å². The SMILES string of the molecule is CCCN1CCC(NC(C)c2ccc(Cl)c(Cl)c2Cl)CC1. The zero-order valence-electron chi connectivity index (χ0n) is 12.6. The van der Waals surface area contributed by atoms with Crippen molar-refractivity contribution in [2.45, 2.75) is 45.2 Å². The van der Waals surface area contributed by atoms with E-state index < -0.39 is 0 Å². The highest BCUT2D eigenvalue weighted by Crippen LogP contribution is 2.35. The van der Waals surface area contributed by atoms with E-state index in [9.17, 15) is 0 Å². The summed E-state index contributed by atoms with van der Waals surface area (Å²) < 4.78 is 0. The van der Waals surface area contributed by atoms with Crippen LogP contribution in [0.2, 0.25) is 15.1 Å². The Morgan fingerprint density at radius 3 is 2.48 bits per heavy atom. The third kappa shape index (κ3) is 4.49. The van der Waals surface area contributed by atoms with Crippen molar-refractivity contribution in [3.8, 4) is 0 Å². The highest BCUT2D eigenvalue weighted by atomic mass is 35.5. The Kier molecular flexibility index (Phi) is 6.64. The highest BCUT2D eigenvalue weighted by molar-refractivity contribution is 6.48. The second kappa shape index (κ2) is 8.03. The average Bonchev–Trinajstić information content (AvgIpc) is 2.47. The van der Waals surface area contributed by atoms with Gasteiger partial charge in [-0.3, -0.25) is 0 Å². The van der Waals surface area contributed by atoms with Gasteiger partial charge in [-0.05, 0) is 57.5 Å². The van der Waals surface area contributed by atoms with Crippen molar-refractivity contribution in [2.75, 3.05) is 19.6 Å². The smallest absolute Gasteiger partial charge is 0.0781 e. The molecule has 1 aromatic rings. The summed E-state index contributed by atoms with van der Waals surface area (Å²) in [5.74, 6) is 0. The van der Waals surface area contributed by atoms with Crippen LogP contribution in [0, 0.1) is 0 Å². The average molecular weight is 350 g/mol. The van der Waals surface area contributed by atoms with Crippen LogP contribution in [0.25, 0.3) is 0 Å². The van der Waals surface area contributed by atoms with Crippen molar-refractivity contribution in [2.24, 2.45) is 0 Å². The molecule has 1 heterocycles. The van der Waals surface area contributed by atoms with E-state index in [1.165, 1.54) is 38.9 Å². The van der Waals surface area contributed by atoms with E-state index in [-0.39, 0.29) is 6.04 Å². The van der Waals surface area contributed by atoms with Gasteiger partial charge < -0.3 is 10.2 Å². The summed E-state index contributed by atoms with van der Waals surface area (Å²) in [6.07, 6.45) is 3.60. The summed E-state index contributed by atoms with van der Waals surface area (Å²) in [5.41, 5.74) is 1.02. The van der Waals surface area contributed by atoms with Gasteiger partial charge in [0.05, 0.1) is 15.1 Å². The Bertz CT molecular complexity index is 471. The van der Waals surface area contributed by atoms with Crippen LogP contribution in [0.15, 0.2) is 12.1 Å². The maximum Gasteiger partial charge on any atom is 0.0781 e. The van der Waals surface area contributed by atoms with E-state index in [1.807, 2.05) is 12.1 Å². The Labute approximate surface area is 142 Å². The number of benzene rings is 1.